The van der Waals surface area contributed by atoms with Crippen LogP contribution in [-0.2, 0) is 4.79 Å². The molecular formula is C13H20O. The van der Waals surface area contributed by atoms with Crippen molar-refractivity contribution in [3.8, 4) is 0 Å². The van der Waals surface area contributed by atoms with Crippen molar-refractivity contribution < 1.29 is 4.79 Å². The van der Waals surface area contributed by atoms with E-state index in [2.05, 4.69) is 26.5 Å². The van der Waals surface area contributed by atoms with Crippen molar-refractivity contribution in [1.29, 1.82) is 0 Å². The van der Waals surface area contributed by atoms with Crippen molar-refractivity contribution >= 4 is 5.78 Å². The van der Waals surface area contributed by atoms with Crippen LogP contribution >= 0.6 is 0 Å². The second kappa shape index (κ2) is 5.14. The van der Waals surface area contributed by atoms with E-state index in [1.54, 1.807) is 0 Å². The molecule has 0 N–H and O–H groups in total. The van der Waals surface area contributed by atoms with Crippen LogP contribution in [0.4, 0.5) is 0 Å². The average molecular weight is 192 g/mol. The number of rotatable bonds is 4. The summed E-state index contributed by atoms with van der Waals surface area (Å²) in [7, 11) is 0. The topological polar surface area (TPSA) is 17.1 Å². The summed E-state index contributed by atoms with van der Waals surface area (Å²) >= 11 is 0. The maximum atomic E-state index is 11.7. The minimum atomic E-state index is 0.323. The Morgan fingerprint density at radius 3 is 2.93 bits per heavy atom. The van der Waals surface area contributed by atoms with Gasteiger partial charge in [-0.1, -0.05) is 26.0 Å². The fraction of sp³-hybridized carbons (Fsp3) is 0.615. The van der Waals surface area contributed by atoms with E-state index in [-0.39, 0.29) is 0 Å². The zero-order chi connectivity index (χ0) is 10.6. The first-order valence-electron chi connectivity index (χ1n) is 5.50. The Morgan fingerprint density at radius 1 is 1.64 bits per heavy atom. The molecular weight excluding hydrogens is 172 g/mol. The molecule has 0 aromatic rings. The van der Waals surface area contributed by atoms with Gasteiger partial charge in [0.25, 0.3) is 0 Å². The number of Topliss-reactive ketones (excluding diaryl/α,β-unsaturated/α-hetero) is 1. The smallest absolute Gasteiger partial charge is 0.158 e. The largest absolute Gasteiger partial charge is 0.295 e. The highest BCUT2D eigenvalue weighted by molar-refractivity contribution is 5.95. The lowest BCUT2D eigenvalue weighted by Gasteiger charge is -2.23. The van der Waals surface area contributed by atoms with E-state index < -0.39 is 0 Å². The van der Waals surface area contributed by atoms with Crippen LogP contribution in [0.2, 0.25) is 0 Å². The first-order valence-corrected chi connectivity index (χ1v) is 5.50. The summed E-state index contributed by atoms with van der Waals surface area (Å²) in [6, 6.07) is 0. The van der Waals surface area contributed by atoms with Gasteiger partial charge in [-0.25, -0.2) is 0 Å². The molecule has 0 aromatic heterocycles. The molecule has 0 spiro atoms. The predicted molar refractivity (Wildman–Crippen MR) is 60.1 cm³/mol. The number of carbonyl (C=O) groups excluding carboxylic acids is 1. The van der Waals surface area contributed by atoms with E-state index >= 15 is 0 Å². The van der Waals surface area contributed by atoms with Gasteiger partial charge in [0.1, 0.15) is 0 Å². The van der Waals surface area contributed by atoms with Gasteiger partial charge in [0.2, 0.25) is 0 Å². The summed E-state index contributed by atoms with van der Waals surface area (Å²) in [4.78, 5) is 11.7. The quantitative estimate of drug-likeness (QED) is 0.623. The maximum Gasteiger partial charge on any atom is 0.158 e. The van der Waals surface area contributed by atoms with Crippen molar-refractivity contribution in [3.05, 3.63) is 24.3 Å². The van der Waals surface area contributed by atoms with Gasteiger partial charge < -0.3 is 0 Å². The van der Waals surface area contributed by atoms with Gasteiger partial charge in [-0.05, 0) is 36.7 Å². The van der Waals surface area contributed by atoms with Crippen LogP contribution in [0.5, 0.6) is 0 Å². The van der Waals surface area contributed by atoms with Crippen molar-refractivity contribution in [3.63, 3.8) is 0 Å². The highest BCUT2D eigenvalue weighted by Crippen LogP contribution is 2.28. The lowest BCUT2D eigenvalue weighted by molar-refractivity contribution is -0.115. The number of hydrogen-bond acceptors (Lipinski definition) is 1. The van der Waals surface area contributed by atoms with E-state index in [0.29, 0.717) is 18.1 Å². The lowest BCUT2D eigenvalue weighted by Crippen LogP contribution is -2.15. The highest BCUT2D eigenvalue weighted by Gasteiger charge is 2.20. The molecule has 1 nitrogen and oxygen atoms in total. The molecule has 2 atom stereocenters. The number of ketones is 1. The van der Waals surface area contributed by atoms with Crippen molar-refractivity contribution in [1.82, 2.24) is 0 Å². The van der Waals surface area contributed by atoms with E-state index in [0.717, 1.165) is 30.8 Å². The van der Waals surface area contributed by atoms with Crippen molar-refractivity contribution in [2.45, 2.75) is 39.5 Å². The normalized spacial score (nSPS) is 26.9. The summed E-state index contributed by atoms with van der Waals surface area (Å²) in [6.07, 6.45) is 7.55. The predicted octanol–water partition coefficient (Wildman–Crippen LogP) is 3.51. The second-order valence-corrected chi connectivity index (χ2v) is 4.32. The van der Waals surface area contributed by atoms with Crippen LogP contribution in [0.25, 0.3) is 0 Å². The SMILES string of the molecule is C=CCCC(=O)C1=C[C@@H](C)[C@H](C)CC1. The van der Waals surface area contributed by atoms with E-state index in [4.69, 9.17) is 0 Å². The molecule has 1 rings (SSSR count). The van der Waals surface area contributed by atoms with E-state index in [9.17, 15) is 4.79 Å². The molecule has 1 aliphatic rings. The second-order valence-electron chi connectivity index (χ2n) is 4.32. The summed E-state index contributed by atoms with van der Waals surface area (Å²) < 4.78 is 0. The van der Waals surface area contributed by atoms with Crippen LogP contribution < -0.4 is 0 Å². The van der Waals surface area contributed by atoms with Gasteiger partial charge in [-0.15, -0.1) is 6.58 Å². The fourth-order valence-electron chi connectivity index (χ4n) is 1.84. The zero-order valence-corrected chi connectivity index (χ0v) is 9.25. The molecule has 0 aromatic carbocycles. The van der Waals surface area contributed by atoms with E-state index in [1.807, 2.05) is 6.08 Å². The van der Waals surface area contributed by atoms with Crippen LogP contribution in [-0.4, -0.2) is 5.78 Å². The first kappa shape index (κ1) is 11.2. The number of allylic oxidation sites excluding steroid dienone is 3. The highest BCUT2D eigenvalue weighted by atomic mass is 16.1. The molecule has 0 unspecified atom stereocenters. The molecule has 14 heavy (non-hydrogen) atoms. The minimum absolute atomic E-state index is 0.323. The van der Waals surface area contributed by atoms with Gasteiger partial charge >= 0.3 is 0 Å². The van der Waals surface area contributed by atoms with Crippen LogP contribution in [0.1, 0.15) is 39.5 Å². The fourth-order valence-corrected chi connectivity index (χ4v) is 1.84. The number of carbonyl (C=O) groups is 1. The van der Waals surface area contributed by atoms with Crippen molar-refractivity contribution in [2.24, 2.45) is 11.8 Å². The third-order valence-electron chi connectivity index (χ3n) is 3.16. The Morgan fingerprint density at radius 2 is 2.36 bits per heavy atom. The minimum Gasteiger partial charge on any atom is -0.295 e. The third kappa shape index (κ3) is 2.83. The van der Waals surface area contributed by atoms with E-state index in [1.165, 1.54) is 0 Å². The van der Waals surface area contributed by atoms with Crippen LogP contribution in [0.15, 0.2) is 24.3 Å². The monoisotopic (exact) mass is 192 g/mol. The zero-order valence-electron chi connectivity index (χ0n) is 9.25. The molecule has 0 heterocycles. The van der Waals surface area contributed by atoms with Crippen LogP contribution in [0.3, 0.4) is 0 Å². The molecule has 1 heteroatoms. The molecule has 0 amide bonds. The summed E-state index contributed by atoms with van der Waals surface area (Å²) in [5, 5.41) is 0. The summed E-state index contributed by atoms with van der Waals surface area (Å²) in [5.74, 6) is 1.61. The summed E-state index contributed by atoms with van der Waals surface area (Å²) in [6.45, 7) is 8.09. The molecule has 0 bridgehead atoms. The molecule has 0 saturated heterocycles. The van der Waals surface area contributed by atoms with Gasteiger partial charge in [0, 0.05) is 6.42 Å². The molecule has 0 aliphatic heterocycles. The van der Waals surface area contributed by atoms with Crippen LogP contribution in [0, 0.1) is 11.8 Å². The third-order valence-corrected chi connectivity index (χ3v) is 3.16. The molecule has 78 valence electrons. The van der Waals surface area contributed by atoms with Crippen molar-refractivity contribution in [2.75, 3.05) is 0 Å². The Kier molecular flexibility index (Phi) is 4.12. The van der Waals surface area contributed by atoms with Gasteiger partial charge in [0.15, 0.2) is 5.78 Å². The molecule has 0 fully saturated rings. The van der Waals surface area contributed by atoms with Gasteiger partial charge in [-0.2, -0.15) is 0 Å². The van der Waals surface area contributed by atoms with Gasteiger partial charge in [-0.3, -0.25) is 4.79 Å². The Labute approximate surface area is 86.9 Å². The molecule has 0 saturated carbocycles. The summed E-state index contributed by atoms with van der Waals surface area (Å²) in [5.41, 5.74) is 1.05. The Balaban J connectivity index is 2.56. The Hall–Kier alpha value is -0.850. The van der Waals surface area contributed by atoms with Gasteiger partial charge in [0.05, 0.1) is 0 Å². The lowest BCUT2D eigenvalue weighted by atomic mass is 9.81. The number of hydrogen-bond donors (Lipinski definition) is 0. The standard InChI is InChI=1S/C13H20O/c1-4-5-6-13(14)12-8-7-10(2)11(3)9-12/h4,9-11H,1,5-8H2,2-3H3/t10-,11-/m1/s1. The first-order chi connectivity index (χ1) is 6.65. The average Bonchev–Trinajstić information content (AvgIpc) is 2.18. The maximum absolute atomic E-state index is 11.7. The Bertz CT molecular complexity index is 250. The molecule has 0 radical (unpaired) electrons. The molecule has 1 aliphatic carbocycles.